The lowest BCUT2D eigenvalue weighted by atomic mass is 9.84. The van der Waals surface area contributed by atoms with Gasteiger partial charge in [-0.15, -0.1) is 0 Å². The Morgan fingerprint density at radius 2 is 1.76 bits per heavy atom. The zero-order valence-electron chi connectivity index (χ0n) is 10.9. The second kappa shape index (κ2) is 6.72. The molecule has 17 heavy (non-hydrogen) atoms. The monoisotopic (exact) mass is 241 g/mol. The quantitative estimate of drug-likeness (QED) is 0.745. The minimum absolute atomic E-state index is 0.0829. The highest BCUT2D eigenvalue weighted by molar-refractivity contribution is 4.84. The first kappa shape index (κ1) is 13.3. The van der Waals surface area contributed by atoms with E-state index in [1.54, 1.807) is 0 Å². The van der Waals surface area contributed by atoms with Crippen LogP contribution in [-0.4, -0.2) is 47.0 Å². The van der Waals surface area contributed by atoms with Gasteiger partial charge in [-0.1, -0.05) is 19.3 Å². The third-order valence-electron chi connectivity index (χ3n) is 4.53. The van der Waals surface area contributed by atoms with E-state index in [9.17, 15) is 5.11 Å². The van der Waals surface area contributed by atoms with Crippen LogP contribution < -0.4 is 0 Å². The van der Waals surface area contributed by atoms with Gasteiger partial charge in [-0.25, -0.2) is 0 Å². The predicted molar refractivity (Wildman–Crippen MR) is 68.9 cm³/mol. The van der Waals surface area contributed by atoms with E-state index >= 15 is 0 Å². The summed E-state index contributed by atoms with van der Waals surface area (Å²) in [6, 6.07) is 0.732. The maximum Gasteiger partial charge on any atom is 0.0580 e. The van der Waals surface area contributed by atoms with Gasteiger partial charge in [0.2, 0.25) is 0 Å². The summed E-state index contributed by atoms with van der Waals surface area (Å²) < 4.78 is 0. The van der Waals surface area contributed by atoms with Gasteiger partial charge >= 0.3 is 0 Å². The summed E-state index contributed by atoms with van der Waals surface area (Å²) >= 11 is 0. The van der Waals surface area contributed by atoms with Gasteiger partial charge in [0.15, 0.2) is 0 Å². The lowest BCUT2D eigenvalue weighted by molar-refractivity contribution is 0.0215. The maximum atomic E-state index is 10.0. The van der Waals surface area contributed by atoms with Crippen molar-refractivity contribution in [1.29, 1.82) is 0 Å². The molecule has 0 amide bonds. The predicted octanol–water partition coefficient (Wildman–Crippen LogP) is 1.77. The second-order valence-electron chi connectivity index (χ2n) is 5.77. The first-order valence-electron chi connectivity index (χ1n) is 7.34. The molecule has 0 radical (unpaired) electrons. The molecular formula is C14H27NO2. The highest BCUT2D eigenvalue weighted by Crippen LogP contribution is 2.30. The molecule has 2 N–H and O–H groups in total. The van der Waals surface area contributed by atoms with Gasteiger partial charge in [0.05, 0.1) is 6.10 Å². The molecule has 2 unspecified atom stereocenters. The Balaban J connectivity index is 1.81. The van der Waals surface area contributed by atoms with Gasteiger partial charge < -0.3 is 10.2 Å². The van der Waals surface area contributed by atoms with E-state index < -0.39 is 0 Å². The summed E-state index contributed by atoms with van der Waals surface area (Å²) in [5, 5.41) is 19.0. The van der Waals surface area contributed by atoms with E-state index in [0.717, 1.165) is 32.0 Å². The van der Waals surface area contributed by atoms with Crippen LogP contribution in [0.15, 0.2) is 0 Å². The first-order chi connectivity index (χ1) is 8.31. The van der Waals surface area contributed by atoms with Gasteiger partial charge in [-0.3, -0.25) is 4.90 Å². The minimum atomic E-state index is -0.0829. The summed E-state index contributed by atoms with van der Waals surface area (Å²) in [7, 11) is 0. The zero-order chi connectivity index (χ0) is 12.1. The fourth-order valence-corrected chi connectivity index (χ4v) is 3.15. The second-order valence-corrected chi connectivity index (χ2v) is 5.77. The molecule has 100 valence electrons. The average molecular weight is 241 g/mol. The SMILES string of the molecule is OCCCN(CC1CCCCC1O)C1CCC1. The number of nitrogens with zero attached hydrogens (tertiary/aromatic N) is 1. The van der Waals surface area contributed by atoms with Crippen molar-refractivity contribution < 1.29 is 10.2 Å². The Kier molecular flexibility index (Phi) is 5.26. The summed E-state index contributed by atoms with van der Waals surface area (Å²) in [6.07, 6.45) is 9.42. The van der Waals surface area contributed by atoms with Crippen molar-refractivity contribution in [1.82, 2.24) is 4.90 Å². The molecule has 3 nitrogen and oxygen atoms in total. The van der Waals surface area contributed by atoms with E-state index in [2.05, 4.69) is 4.90 Å². The molecule has 0 aromatic carbocycles. The van der Waals surface area contributed by atoms with Crippen molar-refractivity contribution in [2.24, 2.45) is 5.92 Å². The number of hydrogen-bond acceptors (Lipinski definition) is 3. The van der Waals surface area contributed by atoms with Crippen LogP contribution >= 0.6 is 0 Å². The molecule has 2 fully saturated rings. The number of hydrogen-bond donors (Lipinski definition) is 2. The summed E-state index contributed by atoms with van der Waals surface area (Å²) in [6.45, 7) is 2.34. The summed E-state index contributed by atoms with van der Waals surface area (Å²) in [5.74, 6) is 0.475. The molecule has 0 aromatic rings. The minimum Gasteiger partial charge on any atom is -0.396 e. The molecule has 0 bridgehead atoms. The van der Waals surface area contributed by atoms with Crippen molar-refractivity contribution in [3.8, 4) is 0 Å². The van der Waals surface area contributed by atoms with Gasteiger partial charge in [0, 0.05) is 25.7 Å². The Labute approximate surface area is 105 Å². The van der Waals surface area contributed by atoms with Crippen LogP contribution in [0.1, 0.15) is 51.4 Å². The van der Waals surface area contributed by atoms with Crippen LogP contribution in [0, 0.1) is 5.92 Å². The largest absolute Gasteiger partial charge is 0.396 e. The smallest absolute Gasteiger partial charge is 0.0580 e. The molecule has 0 heterocycles. The number of aliphatic hydroxyl groups excluding tert-OH is 2. The van der Waals surface area contributed by atoms with Gasteiger partial charge in [0.1, 0.15) is 0 Å². The summed E-state index contributed by atoms with van der Waals surface area (Å²) in [4.78, 5) is 2.53. The van der Waals surface area contributed by atoms with E-state index in [1.165, 1.54) is 38.5 Å². The molecule has 2 saturated carbocycles. The third-order valence-corrected chi connectivity index (χ3v) is 4.53. The van der Waals surface area contributed by atoms with Crippen molar-refractivity contribution >= 4 is 0 Å². The van der Waals surface area contributed by atoms with Crippen molar-refractivity contribution in [2.45, 2.75) is 63.5 Å². The number of aliphatic hydroxyl groups is 2. The Bertz CT molecular complexity index is 218. The molecule has 0 saturated heterocycles. The Morgan fingerprint density at radius 1 is 1.00 bits per heavy atom. The van der Waals surface area contributed by atoms with E-state index in [4.69, 9.17) is 5.11 Å². The molecule has 2 aliphatic carbocycles. The summed E-state index contributed by atoms with van der Waals surface area (Å²) in [5.41, 5.74) is 0. The molecule has 0 aromatic heterocycles. The molecular weight excluding hydrogens is 214 g/mol. The van der Waals surface area contributed by atoms with Crippen molar-refractivity contribution in [3.63, 3.8) is 0 Å². The molecule has 2 aliphatic rings. The Morgan fingerprint density at radius 3 is 2.35 bits per heavy atom. The van der Waals surface area contributed by atoms with Crippen LogP contribution in [0.3, 0.4) is 0 Å². The molecule has 0 spiro atoms. The lowest BCUT2D eigenvalue weighted by Gasteiger charge is -2.41. The molecule has 3 heteroatoms. The van der Waals surface area contributed by atoms with Crippen molar-refractivity contribution in [2.75, 3.05) is 19.7 Å². The fraction of sp³-hybridized carbons (Fsp3) is 1.00. The fourth-order valence-electron chi connectivity index (χ4n) is 3.15. The van der Waals surface area contributed by atoms with Crippen LogP contribution in [-0.2, 0) is 0 Å². The Hall–Kier alpha value is -0.120. The topological polar surface area (TPSA) is 43.7 Å². The molecule has 2 rings (SSSR count). The average Bonchev–Trinajstić information content (AvgIpc) is 2.26. The van der Waals surface area contributed by atoms with Crippen LogP contribution in [0.4, 0.5) is 0 Å². The van der Waals surface area contributed by atoms with Crippen LogP contribution in [0.5, 0.6) is 0 Å². The van der Waals surface area contributed by atoms with E-state index in [-0.39, 0.29) is 12.7 Å². The lowest BCUT2D eigenvalue weighted by Crippen LogP contribution is -2.46. The van der Waals surface area contributed by atoms with Crippen LogP contribution in [0.2, 0.25) is 0 Å². The number of rotatable bonds is 6. The van der Waals surface area contributed by atoms with Gasteiger partial charge in [-0.2, -0.15) is 0 Å². The van der Waals surface area contributed by atoms with Crippen LogP contribution in [0.25, 0.3) is 0 Å². The normalized spacial score (nSPS) is 30.5. The molecule has 0 aliphatic heterocycles. The maximum absolute atomic E-state index is 10.0. The van der Waals surface area contributed by atoms with Gasteiger partial charge in [0.25, 0.3) is 0 Å². The van der Waals surface area contributed by atoms with Gasteiger partial charge in [-0.05, 0) is 38.0 Å². The highest BCUT2D eigenvalue weighted by Gasteiger charge is 2.30. The third kappa shape index (κ3) is 3.67. The van der Waals surface area contributed by atoms with Crippen molar-refractivity contribution in [3.05, 3.63) is 0 Å². The van der Waals surface area contributed by atoms with E-state index in [0.29, 0.717) is 5.92 Å². The highest BCUT2D eigenvalue weighted by atomic mass is 16.3. The first-order valence-corrected chi connectivity index (χ1v) is 7.34. The van der Waals surface area contributed by atoms with E-state index in [1.807, 2.05) is 0 Å². The standard InChI is InChI=1S/C14H27NO2/c16-10-4-9-15(13-6-3-7-13)11-12-5-1-2-8-14(12)17/h12-14,16-17H,1-11H2. The molecule has 2 atom stereocenters. The zero-order valence-corrected chi connectivity index (χ0v) is 10.9.